The first-order valence-corrected chi connectivity index (χ1v) is 4.27. The Morgan fingerprint density at radius 1 is 1.29 bits per heavy atom. The van der Waals surface area contributed by atoms with E-state index in [2.05, 4.69) is 0 Å². The normalized spacial score (nSPS) is 37.3. The van der Waals surface area contributed by atoms with Crippen molar-refractivity contribution in [3.05, 3.63) is 0 Å². The molecule has 0 saturated carbocycles. The molecule has 1 heteroatoms. The molecule has 0 N–H and O–H groups in total. The van der Waals surface area contributed by atoms with Gasteiger partial charge in [0, 0.05) is 20.4 Å². The Balaban J connectivity index is 6.05. The molecule has 0 unspecified atom stereocenters. The minimum absolute atomic E-state index is 0.875. The molecule has 0 atom stereocenters. The summed E-state index contributed by atoms with van der Waals surface area (Å²) in [5.74, 6) is 0. The third kappa shape index (κ3) is 2.86. The molecule has 0 radical (unpaired) electrons. The highest BCUT2D eigenvalue weighted by atomic mass is 28.3. The van der Waals surface area contributed by atoms with Crippen LogP contribution < -0.4 is 0 Å². The van der Waals surface area contributed by atoms with Gasteiger partial charge >= 0.3 is 0 Å². The lowest BCUT2D eigenvalue weighted by Gasteiger charge is -2.19. The zero-order valence-corrected chi connectivity index (χ0v) is 5.58. The lowest BCUT2D eigenvalue weighted by molar-refractivity contribution is 1.01. The maximum Gasteiger partial charge on any atom is 0.0468 e. The second kappa shape index (κ2) is 1.99. The molecule has 0 amide bonds. The second-order valence-electron chi connectivity index (χ2n) is 1.96. The van der Waals surface area contributed by atoms with E-state index in [1.54, 1.807) is 0 Å². The topological polar surface area (TPSA) is 0 Å². The lowest BCUT2D eigenvalue weighted by atomic mass is 10.6. The molecule has 44 valence electrons. The molecule has 0 spiro atoms. The van der Waals surface area contributed by atoms with Crippen LogP contribution in [0.25, 0.3) is 0 Å². The second-order valence-corrected chi connectivity index (χ2v) is 4.73. The largest absolute Gasteiger partial charge is 0.0694 e. The molecule has 0 aliphatic heterocycles. The smallest absolute Gasteiger partial charge is 0.0468 e. The van der Waals surface area contributed by atoms with Gasteiger partial charge in [-0.05, 0) is 0 Å². The third-order valence-corrected chi connectivity index (χ3v) is 2.60. The zero-order valence-electron chi connectivity index (χ0n) is 13.6. The SMILES string of the molecule is [2H]C([2H])([2H])[Si](C(C)C)(C([2H])([2H])[2H])C([2H])([2H])[2H]. The fourth-order valence-corrected chi connectivity index (χ4v) is 0. The van der Waals surface area contributed by atoms with Crippen molar-refractivity contribution in [2.45, 2.75) is 38.8 Å². The molecular weight excluding hydrogens is 100 g/mol. The van der Waals surface area contributed by atoms with Crippen LogP contribution in [0, 0.1) is 0 Å². The van der Waals surface area contributed by atoms with Crippen LogP contribution in [-0.4, -0.2) is 8.07 Å². The van der Waals surface area contributed by atoms with Crippen molar-refractivity contribution in [1.82, 2.24) is 0 Å². The Kier molecular flexibility index (Phi) is 0.343. The Morgan fingerprint density at radius 3 is 1.71 bits per heavy atom. The zero-order chi connectivity index (χ0) is 13.6. The minimum Gasteiger partial charge on any atom is -0.0694 e. The van der Waals surface area contributed by atoms with E-state index in [0.717, 1.165) is 0 Å². The van der Waals surface area contributed by atoms with E-state index in [1.165, 1.54) is 13.8 Å². The molecular formula is C6H16Si. The predicted octanol–water partition coefficient (Wildman–Crippen LogP) is 2.73. The highest BCUT2D eigenvalue weighted by Gasteiger charge is 2.16. The van der Waals surface area contributed by atoms with Gasteiger partial charge in [-0.3, -0.25) is 0 Å². The van der Waals surface area contributed by atoms with Gasteiger partial charge in [0.15, 0.2) is 0 Å². The molecule has 0 rings (SSSR count). The van der Waals surface area contributed by atoms with Gasteiger partial charge in [0.05, 0.1) is 0 Å². The summed E-state index contributed by atoms with van der Waals surface area (Å²) in [7, 11) is -4.48. The summed E-state index contributed by atoms with van der Waals surface area (Å²) in [6, 6.07) is 0. The molecule has 0 bridgehead atoms. The average molecular weight is 125 g/mol. The molecule has 0 nitrogen and oxygen atoms in total. The Hall–Kier alpha value is 0.217. The van der Waals surface area contributed by atoms with Crippen molar-refractivity contribution in [2.24, 2.45) is 0 Å². The van der Waals surface area contributed by atoms with E-state index in [9.17, 15) is 0 Å². The average Bonchev–Trinajstić information content (AvgIpc) is 1.71. The third-order valence-electron chi connectivity index (χ3n) is 0.866. The highest BCUT2D eigenvalue weighted by Crippen LogP contribution is 2.18. The summed E-state index contributed by atoms with van der Waals surface area (Å²) in [5.41, 5.74) is -0.875. The van der Waals surface area contributed by atoms with E-state index in [4.69, 9.17) is 12.3 Å². The number of hydrogen-bond donors (Lipinski definition) is 0. The highest BCUT2D eigenvalue weighted by molar-refractivity contribution is 6.77. The Bertz CT molecular complexity index is 208. The maximum absolute atomic E-state index is 7.35. The van der Waals surface area contributed by atoms with Crippen LogP contribution in [-0.2, 0) is 0 Å². The van der Waals surface area contributed by atoms with E-state index >= 15 is 0 Å². The van der Waals surface area contributed by atoms with Crippen LogP contribution in [0.5, 0.6) is 0 Å². The van der Waals surface area contributed by atoms with Gasteiger partial charge in [0.1, 0.15) is 0 Å². The summed E-state index contributed by atoms with van der Waals surface area (Å²) in [4.78, 5) is 0. The van der Waals surface area contributed by atoms with Gasteiger partial charge in [0.25, 0.3) is 0 Å². The first-order valence-electron chi connectivity index (χ1n) is 6.69. The van der Waals surface area contributed by atoms with Gasteiger partial charge in [-0.15, -0.1) is 0 Å². The van der Waals surface area contributed by atoms with Gasteiger partial charge < -0.3 is 0 Å². The summed E-state index contributed by atoms with van der Waals surface area (Å²) in [6.45, 7) is -6.05. The van der Waals surface area contributed by atoms with Gasteiger partial charge in [0.2, 0.25) is 0 Å². The first kappa shape index (κ1) is 1.20. The molecule has 7 heavy (non-hydrogen) atoms. The van der Waals surface area contributed by atoms with Crippen LogP contribution in [0.4, 0.5) is 0 Å². The standard InChI is InChI=1S/C6H16Si/c1-6(2)7(3,4)5/h6H,1-5H3/i3D3,4D3,5D3. The molecule has 0 fully saturated rings. The summed E-state index contributed by atoms with van der Waals surface area (Å²) in [5, 5.41) is 0. The maximum atomic E-state index is 7.35. The fourth-order valence-electron chi connectivity index (χ4n) is 0. The van der Waals surface area contributed by atoms with Crippen molar-refractivity contribution >= 4 is 8.07 Å². The predicted molar refractivity (Wildman–Crippen MR) is 38.4 cm³/mol. The first-order chi connectivity index (χ1) is 6.69. The van der Waals surface area contributed by atoms with E-state index in [1.807, 2.05) is 0 Å². The molecule has 0 aliphatic rings. The molecule has 0 aromatic carbocycles. The van der Waals surface area contributed by atoms with Crippen LogP contribution in [0.15, 0.2) is 0 Å². The molecule has 0 aliphatic carbocycles. The van der Waals surface area contributed by atoms with Crippen molar-refractivity contribution < 1.29 is 12.3 Å². The molecule has 0 aromatic heterocycles. The van der Waals surface area contributed by atoms with Crippen molar-refractivity contribution in [1.29, 1.82) is 0 Å². The van der Waals surface area contributed by atoms with E-state index in [0.29, 0.717) is 0 Å². The minimum atomic E-state index is -4.48. The lowest BCUT2D eigenvalue weighted by Crippen LogP contribution is -2.23. The molecule has 0 aromatic rings. The molecule has 0 heterocycles. The summed E-state index contributed by atoms with van der Waals surface area (Å²) in [6.07, 6.45) is 0. The number of hydrogen-bond acceptors (Lipinski definition) is 0. The van der Waals surface area contributed by atoms with Crippen molar-refractivity contribution in [3.8, 4) is 0 Å². The quantitative estimate of drug-likeness (QED) is 0.473. The fraction of sp³-hybridized carbons (Fsp3) is 1.00. The summed E-state index contributed by atoms with van der Waals surface area (Å²) >= 11 is 0. The van der Waals surface area contributed by atoms with Gasteiger partial charge in [-0.25, -0.2) is 0 Å². The van der Waals surface area contributed by atoms with E-state index in [-0.39, 0.29) is 0 Å². The molecule has 0 saturated heterocycles. The number of rotatable bonds is 1. The Labute approximate surface area is 60.6 Å². The van der Waals surface area contributed by atoms with Crippen molar-refractivity contribution in [3.63, 3.8) is 0 Å². The van der Waals surface area contributed by atoms with Crippen LogP contribution in [0.1, 0.15) is 26.2 Å². The summed E-state index contributed by atoms with van der Waals surface area (Å²) < 4.78 is 66.2. The van der Waals surface area contributed by atoms with Crippen LogP contribution in [0.2, 0.25) is 25.0 Å². The monoisotopic (exact) mass is 125 g/mol. The van der Waals surface area contributed by atoms with Gasteiger partial charge in [-0.1, -0.05) is 38.8 Å². The van der Waals surface area contributed by atoms with Crippen LogP contribution >= 0.6 is 0 Å². The Morgan fingerprint density at radius 2 is 1.71 bits per heavy atom. The van der Waals surface area contributed by atoms with E-state index < -0.39 is 33.0 Å². The van der Waals surface area contributed by atoms with Crippen molar-refractivity contribution in [2.75, 3.05) is 0 Å². The van der Waals surface area contributed by atoms with Crippen LogP contribution in [0.3, 0.4) is 0 Å². The van der Waals surface area contributed by atoms with Gasteiger partial charge in [-0.2, -0.15) is 0 Å².